The number of benzene rings is 1. The first-order chi connectivity index (χ1) is 9.67. The van der Waals surface area contributed by atoms with Gasteiger partial charge in [0.2, 0.25) is 0 Å². The second-order valence-electron chi connectivity index (χ2n) is 4.39. The molecule has 1 aromatic carbocycles. The number of hydrogen-bond acceptors (Lipinski definition) is 3. The summed E-state index contributed by atoms with van der Waals surface area (Å²) < 4.78 is 12.7. The summed E-state index contributed by atoms with van der Waals surface area (Å²) in [6.07, 6.45) is 4.18. The van der Waals surface area contributed by atoms with Crippen LogP contribution in [0.15, 0.2) is 30.6 Å². The summed E-state index contributed by atoms with van der Waals surface area (Å²) in [6.45, 7) is 3.80. The average molecular weight is 295 g/mol. The van der Waals surface area contributed by atoms with Crippen molar-refractivity contribution in [2.45, 2.75) is 20.0 Å². The Morgan fingerprint density at radius 1 is 1.20 bits per heavy atom. The molecule has 0 amide bonds. The minimum Gasteiger partial charge on any atom is -0.495 e. The van der Waals surface area contributed by atoms with Crippen molar-refractivity contribution >= 4 is 17.3 Å². The van der Waals surface area contributed by atoms with Gasteiger partial charge in [0.15, 0.2) is 0 Å². The van der Waals surface area contributed by atoms with Crippen molar-refractivity contribution in [1.29, 1.82) is 0 Å². The van der Waals surface area contributed by atoms with E-state index in [0.29, 0.717) is 23.1 Å². The molecule has 4 nitrogen and oxygen atoms in total. The highest BCUT2D eigenvalue weighted by molar-refractivity contribution is 6.32. The molecule has 1 N–H and O–H groups in total. The topological polar surface area (TPSA) is 35.4 Å². The predicted molar refractivity (Wildman–Crippen MR) is 82.0 cm³/mol. The highest BCUT2D eigenvalue weighted by atomic mass is 35.5. The Balaban J connectivity index is 2.14. The van der Waals surface area contributed by atoms with Gasteiger partial charge < -0.3 is 19.4 Å². The minimum absolute atomic E-state index is 0.557. The van der Waals surface area contributed by atoms with E-state index in [1.165, 1.54) is 5.56 Å². The van der Waals surface area contributed by atoms with Crippen molar-refractivity contribution in [2.24, 2.45) is 0 Å². The van der Waals surface area contributed by atoms with E-state index in [1.54, 1.807) is 20.3 Å². The van der Waals surface area contributed by atoms with Crippen LogP contribution in [0.5, 0.6) is 11.5 Å². The number of nitrogens with zero attached hydrogens (tertiary/aromatic N) is 1. The maximum absolute atomic E-state index is 6.14. The SMILES string of the molecule is CCn1ccc(CNc2cc(Cl)c(OC)cc2OC)c1. The molecule has 0 radical (unpaired) electrons. The zero-order valence-electron chi connectivity index (χ0n) is 11.9. The highest BCUT2D eigenvalue weighted by Gasteiger charge is 2.09. The predicted octanol–water partition coefficient (Wildman–Crippen LogP) is 3.79. The van der Waals surface area contributed by atoms with Crippen LogP contribution in [0, 0.1) is 0 Å². The maximum atomic E-state index is 6.14. The minimum atomic E-state index is 0.557. The third-order valence-corrected chi connectivity index (χ3v) is 3.43. The van der Waals surface area contributed by atoms with E-state index in [4.69, 9.17) is 21.1 Å². The maximum Gasteiger partial charge on any atom is 0.145 e. The molecule has 0 aliphatic rings. The Morgan fingerprint density at radius 2 is 1.95 bits per heavy atom. The molecule has 2 aromatic rings. The summed E-state index contributed by atoms with van der Waals surface area (Å²) in [5, 5.41) is 3.89. The van der Waals surface area contributed by atoms with Crippen LogP contribution in [0.1, 0.15) is 12.5 Å². The summed E-state index contributed by atoms with van der Waals surface area (Å²) in [6, 6.07) is 5.69. The van der Waals surface area contributed by atoms with Gasteiger partial charge in [0, 0.05) is 31.5 Å². The Morgan fingerprint density at radius 3 is 2.55 bits per heavy atom. The Labute approximate surface area is 124 Å². The average Bonchev–Trinajstić information content (AvgIpc) is 2.93. The Kier molecular flexibility index (Phi) is 4.79. The molecule has 0 saturated carbocycles. The van der Waals surface area contributed by atoms with Crippen molar-refractivity contribution in [3.05, 3.63) is 41.2 Å². The largest absolute Gasteiger partial charge is 0.495 e. The second-order valence-corrected chi connectivity index (χ2v) is 4.80. The summed E-state index contributed by atoms with van der Waals surface area (Å²) in [5.74, 6) is 1.31. The van der Waals surface area contributed by atoms with Crippen LogP contribution >= 0.6 is 11.6 Å². The molecule has 0 aliphatic heterocycles. The molecular weight excluding hydrogens is 276 g/mol. The van der Waals surface area contributed by atoms with Crippen molar-refractivity contribution in [3.63, 3.8) is 0 Å². The van der Waals surface area contributed by atoms with Gasteiger partial charge in [-0.05, 0) is 24.6 Å². The molecule has 20 heavy (non-hydrogen) atoms. The number of aromatic nitrogens is 1. The van der Waals surface area contributed by atoms with E-state index in [9.17, 15) is 0 Å². The van der Waals surface area contributed by atoms with Crippen LogP contribution in [0.2, 0.25) is 5.02 Å². The normalized spacial score (nSPS) is 10.4. The molecule has 0 saturated heterocycles. The number of rotatable bonds is 6. The highest BCUT2D eigenvalue weighted by Crippen LogP contribution is 2.36. The molecule has 2 rings (SSSR count). The number of anilines is 1. The van der Waals surface area contributed by atoms with Gasteiger partial charge in [-0.1, -0.05) is 11.6 Å². The van der Waals surface area contributed by atoms with Gasteiger partial charge >= 0.3 is 0 Å². The molecule has 5 heteroatoms. The lowest BCUT2D eigenvalue weighted by Crippen LogP contribution is -2.01. The quantitative estimate of drug-likeness (QED) is 0.880. The summed E-state index contributed by atoms with van der Waals surface area (Å²) in [5.41, 5.74) is 2.06. The number of ether oxygens (including phenoxy) is 2. The fourth-order valence-electron chi connectivity index (χ4n) is 1.99. The van der Waals surface area contributed by atoms with Gasteiger partial charge in [0.05, 0.1) is 24.9 Å². The van der Waals surface area contributed by atoms with Crippen LogP contribution in [-0.2, 0) is 13.1 Å². The summed E-state index contributed by atoms with van der Waals surface area (Å²) in [7, 11) is 3.21. The van der Waals surface area contributed by atoms with Gasteiger partial charge in [-0.25, -0.2) is 0 Å². The first kappa shape index (κ1) is 14.6. The van der Waals surface area contributed by atoms with Crippen molar-refractivity contribution in [2.75, 3.05) is 19.5 Å². The number of methoxy groups -OCH3 is 2. The lowest BCUT2D eigenvalue weighted by atomic mass is 10.2. The zero-order valence-corrected chi connectivity index (χ0v) is 12.7. The van der Waals surface area contributed by atoms with Gasteiger partial charge in [-0.2, -0.15) is 0 Å². The molecule has 0 aliphatic carbocycles. The lowest BCUT2D eigenvalue weighted by molar-refractivity contribution is 0.395. The van der Waals surface area contributed by atoms with Crippen LogP contribution in [-0.4, -0.2) is 18.8 Å². The van der Waals surface area contributed by atoms with E-state index >= 15 is 0 Å². The molecule has 0 fully saturated rings. The molecule has 0 spiro atoms. The molecule has 0 unspecified atom stereocenters. The van der Waals surface area contributed by atoms with Crippen molar-refractivity contribution in [1.82, 2.24) is 4.57 Å². The second kappa shape index (κ2) is 6.57. The van der Waals surface area contributed by atoms with Crippen molar-refractivity contribution in [3.8, 4) is 11.5 Å². The Hall–Kier alpha value is -1.81. The number of halogens is 1. The standard InChI is InChI=1S/C15H19ClN2O2/c1-4-18-6-5-11(10-18)9-17-13-7-12(16)14(19-2)8-15(13)20-3/h5-8,10,17H,4,9H2,1-3H3. The molecule has 1 heterocycles. The molecule has 108 valence electrons. The summed E-state index contributed by atoms with van der Waals surface area (Å²) in [4.78, 5) is 0. The van der Waals surface area contributed by atoms with Crippen molar-refractivity contribution < 1.29 is 9.47 Å². The molecule has 1 aromatic heterocycles. The van der Waals surface area contributed by atoms with Gasteiger partial charge in [0.25, 0.3) is 0 Å². The van der Waals surface area contributed by atoms with Gasteiger partial charge in [0.1, 0.15) is 11.5 Å². The van der Waals surface area contributed by atoms with Crippen LogP contribution in [0.4, 0.5) is 5.69 Å². The van der Waals surface area contributed by atoms with E-state index < -0.39 is 0 Å². The van der Waals surface area contributed by atoms with Gasteiger partial charge in [-0.3, -0.25) is 0 Å². The van der Waals surface area contributed by atoms with Crippen LogP contribution in [0.25, 0.3) is 0 Å². The van der Waals surface area contributed by atoms with Gasteiger partial charge in [-0.15, -0.1) is 0 Å². The first-order valence-electron chi connectivity index (χ1n) is 6.48. The van der Waals surface area contributed by atoms with Crippen LogP contribution in [0.3, 0.4) is 0 Å². The summed E-state index contributed by atoms with van der Waals surface area (Å²) >= 11 is 6.14. The monoisotopic (exact) mass is 294 g/mol. The van der Waals surface area contributed by atoms with E-state index in [-0.39, 0.29) is 0 Å². The number of aryl methyl sites for hydroxylation is 1. The lowest BCUT2D eigenvalue weighted by Gasteiger charge is -2.13. The fraction of sp³-hybridized carbons (Fsp3) is 0.333. The third-order valence-electron chi connectivity index (χ3n) is 3.13. The number of nitrogens with one attached hydrogen (secondary N) is 1. The molecular formula is C15H19ClN2O2. The van der Waals surface area contributed by atoms with E-state index in [2.05, 4.69) is 35.3 Å². The number of hydrogen-bond donors (Lipinski definition) is 1. The van der Waals surface area contributed by atoms with Crippen LogP contribution < -0.4 is 14.8 Å². The molecule has 0 bridgehead atoms. The Bertz CT molecular complexity index is 581. The fourth-order valence-corrected chi connectivity index (χ4v) is 2.23. The first-order valence-corrected chi connectivity index (χ1v) is 6.85. The molecule has 0 atom stereocenters. The smallest absolute Gasteiger partial charge is 0.145 e. The third kappa shape index (κ3) is 3.20. The van der Waals surface area contributed by atoms with E-state index in [1.807, 2.05) is 6.07 Å². The van der Waals surface area contributed by atoms with E-state index in [0.717, 1.165) is 12.2 Å². The zero-order chi connectivity index (χ0) is 14.5.